The van der Waals surface area contributed by atoms with Gasteiger partial charge in [0, 0.05) is 56.8 Å². The van der Waals surface area contributed by atoms with E-state index >= 15 is 0 Å². The van der Waals surface area contributed by atoms with Crippen LogP contribution in [0, 0.1) is 0 Å². The van der Waals surface area contributed by atoms with Crippen LogP contribution in [-0.2, 0) is 11.3 Å². The van der Waals surface area contributed by atoms with Gasteiger partial charge in [0.1, 0.15) is 5.60 Å². The van der Waals surface area contributed by atoms with E-state index in [-0.39, 0.29) is 11.7 Å². The first kappa shape index (κ1) is 16.5. The highest BCUT2D eigenvalue weighted by Crippen LogP contribution is 2.32. The summed E-state index contributed by atoms with van der Waals surface area (Å²) in [5.41, 5.74) is 0.794. The predicted molar refractivity (Wildman–Crippen MR) is 89.4 cm³/mol. The molecule has 0 N–H and O–H groups in total. The third-order valence-electron chi connectivity index (χ3n) is 4.35. The van der Waals surface area contributed by atoms with Gasteiger partial charge < -0.3 is 9.64 Å². The number of hydrogen-bond acceptors (Lipinski definition) is 6. The van der Waals surface area contributed by atoms with E-state index < -0.39 is 0 Å². The van der Waals surface area contributed by atoms with Gasteiger partial charge in [-0.25, -0.2) is 14.8 Å². The number of likely N-dealkylation sites (N-methyl/N-ethyl adjacent to an activating group) is 1. The van der Waals surface area contributed by atoms with Gasteiger partial charge in [-0.05, 0) is 6.42 Å². The van der Waals surface area contributed by atoms with Gasteiger partial charge in [0.05, 0.1) is 6.54 Å². The van der Waals surface area contributed by atoms with Gasteiger partial charge >= 0.3 is 6.09 Å². The smallest absolute Gasteiger partial charge is 0.410 e. The highest BCUT2D eigenvalue weighted by atomic mass is 32.2. The van der Waals surface area contributed by atoms with E-state index in [1.165, 1.54) is 12.8 Å². The van der Waals surface area contributed by atoms with Crippen LogP contribution in [0.15, 0.2) is 17.6 Å². The second-order valence-corrected chi connectivity index (χ2v) is 7.51. The molecular formula is C16H24N4O2S. The molecule has 0 radical (unpaired) electrons. The minimum absolute atomic E-state index is 0.205. The Morgan fingerprint density at radius 3 is 2.78 bits per heavy atom. The topological polar surface area (TPSA) is 58.6 Å². The van der Waals surface area contributed by atoms with E-state index in [0.29, 0.717) is 6.54 Å². The third kappa shape index (κ3) is 3.95. The van der Waals surface area contributed by atoms with Gasteiger partial charge in [0.25, 0.3) is 0 Å². The Kier molecular flexibility index (Phi) is 5.06. The molecule has 6 nitrogen and oxygen atoms in total. The van der Waals surface area contributed by atoms with Crippen molar-refractivity contribution in [1.29, 1.82) is 0 Å². The standard InChI is InChI=1S/C16H24N4O2S/c1-3-4-7-23-14-17-8-13(9-18-14)10-20-6-5-16(12-20)11-19(2)15(21)22-16/h8-9H,3-7,10-12H2,1-2H3/t16-/m1/s1. The Morgan fingerprint density at radius 2 is 2.13 bits per heavy atom. The molecule has 2 fully saturated rings. The van der Waals surface area contributed by atoms with Gasteiger partial charge in [0.2, 0.25) is 0 Å². The second-order valence-electron chi connectivity index (χ2n) is 6.44. The molecule has 1 aromatic heterocycles. The van der Waals surface area contributed by atoms with Crippen LogP contribution in [-0.4, -0.2) is 63.9 Å². The van der Waals surface area contributed by atoms with Crippen LogP contribution in [0.1, 0.15) is 31.7 Å². The maximum Gasteiger partial charge on any atom is 0.410 e. The number of likely N-dealkylation sites (tertiary alicyclic amines) is 1. The first-order chi connectivity index (χ1) is 11.1. The fourth-order valence-electron chi connectivity index (χ4n) is 3.13. The summed E-state index contributed by atoms with van der Waals surface area (Å²) >= 11 is 1.71. The van der Waals surface area contributed by atoms with Crippen molar-refractivity contribution in [3.05, 3.63) is 18.0 Å². The summed E-state index contributed by atoms with van der Waals surface area (Å²) in [6.45, 7) is 5.41. The lowest BCUT2D eigenvalue weighted by Crippen LogP contribution is -2.37. The maximum atomic E-state index is 11.6. The number of ether oxygens (including phenoxy) is 1. The molecular weight excluding hydrogens is 312 g/mol. The Morgan fingerprint density at radius 1 is 1.35 bits per heavy atom. The van der Waals surface area contributed by atoms with Crippen molar-refractivity contribution in [2.45, 2.75) is 43.5 Å². The van der Waals surface area contributed by atoms with Crippen molar-refractivity contribution in [2.75, 3.05) is 32.4 Å². The molecule has 126 valence electrons. The minimum atomic E-state index is -0.317. The Labute approximate surface area is 141 Å². The van der Waals surface area contributed by atoms with E-state index in [0.717, 1.165) is 42.5 Å². The molecule has 23 heavy (non-hydrogen) atoms. The van der Waals surface area contributed by atoms with Crippen LogP contribution in [0.2, 0.25) is 0 Å². The van der Waals surface area contributed by atoms with Crippen LogP contribution in [0.25, 0.3) is 0 Å². The Bertz CT molecular complexity index is 554. The lowest BCUT2D eigenvalue weighted by atomic mass is 10.0. The summed E-state index contributed by atoms with van der Waals surface area (Å²) < 4.78 is 5.57. The number of aromatic nitrogens is 2. The molecule has 2 aliphatic heterocycles. The molecule has 0 saturated carbocycles. The van der Waals surface area contributed by atoms with Gasteiger partial charge in [-0.15, -0.1) is 0 Å². The summed E-state index contributed by atoms with van der Waals surface area (Å²) in [6.07, 6.45) is 6.91. The molecule has 3 heterocycles. The van der Waals surface area contributed by atoms with E-state index in [2.05, 4.69) is 21.8 Å². The number of amides is 1. The van der Waals surface area contributed by atoms with Crippen LogP contribution in [0.4, 0.5) is 4.79 Å². The zero-order valence-electron chi connectivity index (χ0n) is 13.8. The molecule has 2 aliphatic rings. The molecule has 0 aliphatic carbocycles. The predicted octanol–water partition coefficient (Wildman–Crippen LogP) is 2.40. The summed E-state index contributed by atoms with van der Waals surface area (Å²) in [4.78, 5) is 24.5. The quantitative estimate of drug-likeness (QED) is 0.452. The maximum absolute atomic E-state index is 11.6. The molecule has 0 aromatic carbocycles. The molecule has 1 amide bonds. The van der Waals surface area contributed by atoms with E-state index in [9.17, 15) is 4.79 Å². The van der Waals surface area contributed by atoms with E-state index in [4.69, 9.17) is 4.74 Å². The minimum Gasteiger partial charge on any atom is -0.439 e. The van der Waals surface area contributed by atoms with Crippen LogP contribution >= 0.6 is 11.8 Å². The lowest BCUT2D eigenvalue weighted by Gasteiger charge is -2.21. The first-order valence-corrected chi connectivity index (χ1v) is 9.19. The summed E-state index contributed by atoms with van der Waals surface area (Å²) in [5.74, 6) is 1.07. The zero-order chi connectivity index (χ0) is 16.3. The van der Waals surface area contributed by atoms with E-state index in [1.807, 2.05) is 12.4 Å². The molecule has 2 saturated heterocycles. The van der Waals surface area contributed by atoms with Crippen LogP contribution < -0.4 is 0 Å². The average molecular weight is 336 g/mol. The number of rotatable bonds is 6. The molecule has 0 bridgehead atoms. The average Bonchev–Trinajstić information content (AvgIpc) is 3.04. The van der Waals surface area contributed by atoms with Crippen LogP contribution in [0.5, 0.6) is 0 Å². The molecule has 3 rings (SSSR count). The zero-order valence-corrected chi connectivity index (χ0v) is 14.6. The van der Waals surface area contributed by atoms with Crippen molar-refractivity contribution in [2.24, 2.45) is 0 Å². The van der Waals surface area contributed by atoms with Gasteiger partial charge in [-0.1, -0.05) is 25.1 Å². The van der Waals surface area contributed by atoms with E-state index in [1.54, 1.807) is 23.7 Å². The van der Waals surface area contributed by atoms with Gasteiger partial charge in [0.15, 0.2) is 5.16 Å². The van der Waals surface area contributed by atoms with Crippen molar-refractivity contribution >= 4 is 17.9 Å². The molecule has 1 atom stereocenters. The number of nitrogens with zero attached hydrogens (tertiary/aromatic N) is 4. The molecule has 0 unspecified atom stereocenters. The first-order valence-electron chi connectivity index (χ1n) is 8.20. The van der Waals surface area contributed by atoms with Gasteiger partial charge in [-0.2, -0.15) is 0 Å². The van der Waals surface area contributed by atoms with Crippen molar-refractivity contribution in [1.82, 2.24) is 19.8 Å². The number of carbonyl (C=O) groups is 1. The fourth-order valence-corrected chi connectivity index (χ4v) is 4.00. The van der Waals surface area contributed by atoms with Crippen molar-refractivity contribution < 1.29 is 9.53 Å². The summed E-state index contributed by atoms with van der Waals surface area (Å²) in [5, 5.41) is 0.853. The third-order valence-corrected chi connectivity index (χ3v) is 5.31. The normalized spacial score (nSPS) is 24.6. The number of thioether (sulfide) groups is 1. The number of unbranched alkanes of at least 4 members (excludes halogenated alkanes) is 1. The SMILES string of the molecule is CCCCSc1ncc(CN2CC[C@]3(C2)CN(C)C(=O)O3)cn1. The highest BCUT2D eigenvalue weighted by Gasteiger charge is 2.48. The van der Waals surface area contributed by atoms with Crippen LogP contribution in [0.3, 0.4) is 0 Å². The Balaban J connectivity index is 1.51. The molecule has 1 aromatic rings. The number of carbonyl (C=O) groups excluding carboxylic acids is 1. The van der Waals surface area contributed by atoms with Crippen molar-refractivity contribution in [3.8, 4) is 0 Å². The monoisotopic (exact) mass is 336 g/mol. The Hall–Kier alpha value is -1.34. The fraction of sp³-hybridized carbons (Fsp3) is 0.688. The highest BCUT2D eigenvalue weighted by molar-refractivity contribution is 7.99. The number of hydrogen-bond donors (Lipinski definition) is 0. The summed E-state index contributed by atoms with van der Waals surface area (Å²) in [7, 11) is 1.79. The summed E-state index contributed by atoms with van der Waals surface area (Å²) in [6, 6.07) is 0. The largest absolute Gasteiger partial charge is 0.439 e. The second kappa shape index (κ2) is 7.05. The molecule has 7 heteroatoms. The van der Waals surface area contributed by atoms with Gasteiger partial charge in [-0.3, -0.25) is 4.90 Å². The lowest BCUT2D eigenvalue weighted by molar-refractivity contribution is 0.0627. The molecule has 1 spiro atoms. The van der Waals surface area contributed by atoms with Crippen molar-refractivity contribution in [3.63, 3.8) is 0 Å².